The van der Waals surface area contributed by atoms with Crippen LogP contribution in [0.1, 0.15) is 41.0 Å². The minimum Gasteiger partial charge on any atom is -0.356 e. The van der Waals surface area contributed by atoms with E-state index in [0.717, 1.165) is 5.96 Å². The van der Waals surface area contributed by atoms with E-state index < -0.39 is 0 Å². The molecular formula is C12H27IN4O. The van der Waals surface area contributed by atoms with Gasteiger partial charge in [0, 0.05) is 31.6 Å². The molecule has 0 aliphatic carbocycles. The maximum absolute atomic E-state index is 11.4. The van der Waals surface area contributed by atoms with Gasteiger partial charge in [-0.25, -0.2) is 0 Å². The van der Waals surface area contributed by atoms with Crippen LogP contribution >= 0.6 is 24.0 Å². The Morgan fingerprint density at radius 3 is 2.22 bits per heavy atom. The molecule has 1 amide bonds. The first-order chi connectivity index (χ1) is 7.74. The van der Waals surface area contributed by atoms with Crippen molar-refractivity contribution in [1.29, 1.82) is 0 Å². The summed E-state index contributed by atoms with van der Waals surface area (Å²) in [6.45, 7) is 10.7. The van der Waals surface area contributed by atoms with Crippen molar-refractivity contribution in [1.82, 2.24) is 16.0 Å². The van der Waals surface area contributed by atoms with E-state index >= 15 is 0 Å². The molecule has 0 aromatic rings. The van der Waals surface area contributed by atoms with E-state index in [1.54, 1.807) is 7.05 Å². The predicted octanol–water partition coefficient (Wildman–Crippen LogP) is 1.48. The Bertz CT molecular complexity index is 272. The van der Waals surface area contributed by atoms with Gasteiger partial charge in [-0.3, -0.25) is 9.79 Å². The molecule has 0 bridgehead atoms. The van der Waals surface area contributed by atoms with Crippen LogP contribution in [0.15, 0.2) is 4.99 Å². The zero-order valence-electron chi connectivity index (χ0n) is 12.3. The number of nitrogens with zero attached hydrogens (tertiary/aromatic N) is 1. The summed E-state index contributed by atoms with van der Waals surface area (Å²) in [7, 11) is 1.72. The Balaban J connectivity index is 0. The van der Waals surface area contributed by atoms with Crippen molar-refractivity contribution >= 4 is 35.8 Å². The lowest BCUT2D eigenvalue weighted by molar-refractivity contribution is -0.121. The van der Waals surface area contributed by atoms with Gasteiger partial charge in [-0.1, -0.05) is 0 Å². The summed E-state index contributed by atoms with van der Waals surface area (Å²) in [5.74, 6) is 0.772. The molecule has 0 atom stereocenters. The van der Waals surface area contributed by atoms with E-state index in [9.17, 15) is 4.79 Å². The van der Waals surface area contributed by atoms with Crippen molar-refractivity contribution in [2.75, 3.05) is 13.6 Å². The number of nitrogens with one attached hydrogen (secondary N) is 3. The highest BCUT2D eigenvalue weighted by atomic mass is 127. The number of amides is 1. The summed E-state index contributed by atoms with van der Waals surface area (Å²) in [5, 5.41) is 9.18. The van der Waals surface area contributed by atoms with Crippen LogP contribution in [0.4, 0.5) is 0 Å². The van der Waals surface area contributed by atoms with Crippen molar-refractivity contribution in [3.8, 4) is 0 Å². The van der Waals surface area contributed by atoms with Crippen LogP contribution < -0.4 is 16.0 Å². The van der Waals surface area contributed by atoms with Crippen LogP contribution in [0, 0.1) is 0 Å². The molecule has 0 saturated carbocycles. The third kappa shape index (κ3) is 11.9. The van der Waals surface area contributed by atoms with Gasteiger partial charge in [0.25, 0.3) is 0 Å². The van der Waals surface area contributed by atoms with Gasteiger partial charge in [-0.05, 0) is 34.6 Å². The summed E-state index contributed by atoms with van der Waals surface area (Å²) in [5.41, 5.74) is -0.0396. The summed E-state index contributed by atoms with van der Waals surface area (Å²) >= 11 is 0. The average Bonchev–Trinajstić information content (AvgIpc) is 2.12. The number of carbonyl (C=O) groups excluding carboxylic acids is 1. The van der Waals surface area contributed by atoms with Crippen LogP contribution in [0.5, 0.6) is 0 Å². The normalized spacial score (nSPS) is 11.8. The summed E-state index contributed by atoms with van der Waals surface area (Å²) in [6, 6.07) is 0.189. The lowest BCUT2D eigenvalue weighted by Gasteiger charge is -2.23. The topological polar surface area (TPSA) is 65.5 Å². The van der Waals surface area contributed by atoms with Crippen LogP contribution in [0.25, 0.3) is 0 Å². The molecule has 0 aromatic heterocycles. The van der Waals surface area contributed by atoms with E-state index in [4.69, 9.17) is 0 Å². The molecule has 0 saturated heterocycles. The van der Waals surface area contributed by atoms with Gasteiger partial charge < -0.3 is 16.0 Å². The molecule has 0 heterocycles. The van der Waals surface area contributed by atoms with Gasteiger partial charge in [0.2, 0.25) is 5.91 Å². The fourth-order valence-electron chi connectivity index (χ4n) is 1.22. The summed E-state index contributed by atoms with van der Waals surface area (Å²) in [4.78, 5) is 15.5. The largest absolute Gasteiger partial charge is 0.356 e. The lowest BCUT2D eigenvalue weighted by Crippen LogP contribution is -2.48. The quantitative estimate of drug-likeness (QED) is 0.399. The maximum Gasteiger partial charge on any atom is 0.221 e. The molecule has 0 aliphatic rings. The van der Waals surface area contributed by atoms with Crippen LogP contribution in [-0.2, 0) is 4.79 Å². The molecule has 3 N–H and O–H groups in total. The second-order valence-electron chi connectivity index (χ2n) is 5.35. The van der Waals surface area contributed by atoms with E-state index in [0.29, 0.717) is 13.0 Å². The molecule has 0 radical (unpaired) electrons. The van der Waals surface area contributed by atoms with Gasteiger partial charge in [-0.2, -0.15) is 0 Å². The van der Waals surface area contributed by atoms with Crippen molar-refractivity contribution in [3.05, 3.63) is 0 Å². The summed E-state index contributed by atoms with van der Waals surface area (Å²) < 4.78 is 0. The zero-order chi connectivity index (χ0) is 13.5. The molecular weight excluding hydrogens is 343 g/mol. The zero-order valence-corrected chi connectivity index (χ0v) is 14.6. The second kappa shape index (κ2) is 9.41. The van der Waals surface area contributed by atoms with Crippen LogP contribution in [-0.4, -0.2) is 37.0 Å². The third-order valence-electron chi connectivity index (χ3n) is 1.81. The van der Waals surface area contributed by atoms with Crippen molar-refractivity contribution < 1.29 is 4.79 Å². The predicted molar refractivity (Wildman–Crippen MR) is 87.6 cm³/mol. The number of carbonyl (C=O) groups is 1. The highest BCUT2D eigenvalue weighted by molar-refractivity contribution is 14.0. The number of hydrogen-bond donors (Lipinski definition) is 3. The molecule has 0 unspecified atom stereocenters. The molecule has 0 spiro atoms. The first-order valence-electron chi connectivity index (χ1n) is 6.03. The van der Waals surface area contributed by atoms with Crippen molar-refractivity contribution in [3.63, 3.8) is 0 Å². The SMILES string of the molecule is CN=C(NCCC(=O)NC(C)C)NC(C)(C)C.I. The molecule has 18 heavy (non-hydrogen) atoms. The molecule has 0 rings (SSSR count). The standard InChI is InChI=1S/C12H26N4O.HI/c1-9(2)15-10(17)7-8-14-11(13-6)16-12(3,4)5;/h9H,7-8H2,1-6H3,(H,15,17)(H2,13,14,16);1H. The van der Waals surface area contributed by atoms with E-state index in [1.807, 2.05) is 13.8 Å². The number of halogens is 1. The molecule has 6 heteroatoms. The fraction of sp³-hybridized carbons (Fsp3) is 0.833. The molecule has 108 valence electrons. The molecule has 0 aromatic carbocycles. The number of aliphatic imine (C=N–C) groups is 1. The van der Waals surface area contributed by atoms with E-state index in [1.165, 1.54) is 0 Å². The molecule has 0 fully saturated rings. The Morgan fingerprint density at radius 2 is 1.83 bits per heavy atom. The Kier molecular flexibility index (Phi) is 10.3. The third-order valence-corrected chi connectivity index (χ3v) is 1.81. The second-order valence-corrected chi connectivity index (χ2v) is 5.35. The van der Waals surface area contributed by atoms with Gasteiger partial charge in [-0.15, -0.1) is 24.0 Å². The first-order valence-corrected chi connectivity index (χ1v) is 6.03. The van der Waals surface area contributed by atoms with Crippen molar-refractivity contribution in [2.24, 2.45) is 4.99 Å². The van der Waals surface area contributed by atoms with Gasteiger partial charge in [0.05, 0.1) is 0 Å². The minimum atomic E-state index is -0.0396. The molecule has 0 aliphatic heterocycles. The van der Waals surface area contributed by atoms with Crippen LogP contribution in [0.2, 0.25) is 0 Å². The average molecular weight is 370 g/mol. The maximum atomic E-state index is 11.4. The number of rotatable bonds is 4. The van der Waals surface area contributed by atoms with Gasteiger partial charge in [0.1, 0.15) is 0 Å². The number of hydrogen-bond acceptors (Lipinski definition) is 2. The minimum absolute atomic E-state index is 0. The monoisotopic (exact) mass is 370 g/mol. The smallest absolute Gasteiger partial charge is 0.221 e. The summed E-state index contributed by atoms with van der Waals surface area (Å²) in [6.07, 6.45) is 0.447. The number of guanidine groups is 1. The highest BCUT2D eigenvalue weighted by Gasteiger charge is 2.11. The van der Waals surface area contributed by atoms with Crippen molar-refractivity contribution in [2.45, 2.75) is 52.6 Å². The Hall–Kier alpha value is -0.530. The van der Waals surface area contributed by atoms with Crippen LogP contribution in [0.3, 0.4) is 0 Å². The molecule has 5 nitrogen and oxygen atoms in total. The lowest BCUT2D eigenvalue weighted by atomic mass is 10.1. The Morgan fingerprint density at radius 1 is 1.28 bits per heavy atom. The van der Waals surface area contributed by atoms with E-state index in [2.05, 4.69) is 41.7 Å². The highest BCUT2D eigenvalue weighted by Crippen LogP contribution is 1.97. The first kappa shape index (κ1) is 19.8. The van der Waals surface area contributed by atoms with Gasteiger partial charge in [0.15, 0.2) is 5.96 Å². The van der Waals surface area contributed by atoms with E-state index in [-0.39, 0.29) is 41.5 Å². The fourth-order valence-corrected chi connectivity index (χ4v) is 1.22. The Labute approximate surface area is 128 Å². The van der Waals surface area contributed by atoms with Gasteiger partial charge >= 0.3 is 0 Å².